The molecule has 1 aromatic heterocycles. The average Bonchev–Trinajstić information content (AvgIpc) is 2.06. The predicted molar refractivity (Wildman–Crippen MR) is 51.6 cm³/mol. The number of nitrogens with zero attached hydrogens (tertiary/aromatic N) is 1. The normalized spacial score (nSPS) is 11.7. The van der Waals surface area contributed by atoms with E-state index in [2.05, 4.69) is 18.0 Å². The van der Waals surface area contributed by atoms with Crippen LogP contribution in [0, 0.1) is 0 Å². The van der Waals surface area contributed by atoms with Crippen LogP contribution in [0.25, 0.3) is 6.08 Å². The van der Waals surface area contributed by atoms with Crippen molar-refractivity contribution >= 4 is 6.08 Å². The molecular formula is C10H14N2. The Hall–Kier alpha value is -1.15. The topological polar surface area (TPSA) is 38.9 Å². The fraction of sp³-hybridized carbons (Fsp3) is 0.300. The van der Waals surface area contributed by atoms with E-state index in [1.165, 1.54) is 5.57 Å². The van der Waals surface area contributed by atoms with Gasteiger partial charge in [-0.1, -0.05) is 17.7 Å². The fourth-order valence-electron chi connectivity index (χ4n) is 1.05. The number of hydrogen-bond acceptors (Lipinski definition) is 2. The number of pyridine rings is 1. The molecule has 1 rings (SSSR count). The summed E-state index contributed by atoms with van der Waals surface area (Å²) >= 11 is 0. The molecule has 2 heteroatoms. The Morgan fingerprint density at radius 3 is 3.08 bits per heavy atom. The van der Waals surface area contributed by atoms with Crippen LogP contribution in [0.2, 0.25) is 0 Å². The van der Waals surface area contributed by atoms with Crippen molar-refractivity contribution in [3.63, 3.8) is 0 Å². The molecule has 0 amide bonds. The zero-order valence-electron chi connectivity index (χ0n) is 7.33. The predicted octanol–water partition coefficient (Wildman–Crippen LogP) is 1.83. The summed E-state index contributed by atoms with van der Waals surface area (Å²) in [4.78, 5) is 4.02. The third-order valence-electron chi connectivity index (χ3n) is 1.64. The van der Waals surface area contributed by atoms with Gasteiger partial charge >= 0.3 is 0 Å². The van der Waals surface area contributed by atoms with E-state index in [4.69, 9.17) is 5.73 Å². The fourth-order valence-corrected chi connectivity index (χ4v) is 1.05. The van der Waals surface area contributed by atoms with Crippen molar-refractivity contribution in [2.24, 2.45) is 5.73 Å². The van der Waals surface area contributed by atoms with Crippen LogP contribution in [-0.2, 0) is 0 Å². The molecule has 0 bridgehead atoms. The van der Waals surface area contributed by atoms with Crippen molar-refractivity contribution in [2.75, 3.05) is 6.54 Å². The van der Waals surface area contributed by atoms with Crippen LogP contribution >= 0.6 is 0 Å². The lowest BCUT2D eigenvalue weighted by atomic mass is 10.1. The second-order valence-corrected chi connectivity index (χ2v) is 2.82. The molecule has 0 unspecified atom stereocenters. The third kappa shape index (κ3) is 2.84. The van der Waals surface area contributed by atoms with Crippen LogP contribution in [0.5, 0.6) is 0 Å². The van der Waals surface area contributed by atoms with Gasteiger partial charge in [0.05, 0.1) is 0 Å². The lowest BCUT2D eigenvalue weighted by Crippen LogP contribution is -1.98. The Labute approximate surface area is 73.1 Å². The van der Waals surface area contributed by atoms with E-state index >= 15 is 0 Å². The summed E-state index contributed by atoms with van der Waals surface area (Å²) in [5.41, 5.74) is 7.87. The lowest BCUT2D eigenvalue weighted by molar-refractivity contribution is 0.957. The van der Waals surface area contributed by atoms with Crippen molar-refractivity contribution < 1.29 is 0 Å². The molecule has 0 radical (unpaired) electrons. The Balaban J connectivity index is 2.67. The van der Waals surface area contributed by atoms with Crippen molar-refractivity contribution in [1.29, 1.82) is 0 Å². The number of hydrogen-bond donors (Lipinski definition) is 1. The van der Waals surface area contributed by atoms with Crippen molar-refractivity contribution in [3.05, 3.63) is 35.7 Å². The first kappa shape index (κ1) is 8.94. The second kappa shape index (κ2) is 4.67. The van der Waals surface area contributed by atoms with Gasteiger partial charge in [-0.2, -0.15) is 0 Å². The molecule has 64 valence electrons. The van der Waals surface area contributed by atoms with Crippen LogP contribution in [-0.4, -0.2) is 11.5 Å². The third-order valence-corrected chi connectivity index (χ3v) is 1.64. The number of rotatable bonds is 3. The quantitative estimate of drug-likeness (QED) is 0.736. The average molecular weight is 162 g/mol. The van der Waals surface area contributed by atoms with Gasteiger partial charge in [0, 0.05) is 12.4 Å². The molecule has 0 saturated heterocycles. The van der Waals surface area contributed by atoms with Gasteiger partial charge in [-0.15, -0.1) is 0 Å². The molecule has 0 fully saturated rings. The largest absolute Gasteiger partial charge is 0.330 e. The van der Waals surface area contributed by atoms with Gasteiger partial charge in [0.2, 0.25) is 0 Å². The first-order valence-corrected chi connectivity index (χ1v) is 4.10. The van der Waals surface area contributed by atoms with E-state index < -0.39 is 0 Å². The molecule has 2 N–H and O–H groups in total. The summed E-state index contributed by atoms with van der Waals surface area (Å²) in [5, 5.41) is 0. The van der Waals surface area contributed by atoms with Crippen LogP contribution in [0.15, 0.2) is 30.1 Å². The molecule has 0 aliphatic rings. The van der Waals surface area contributed by atoms with E-state index in [-0.39, 0.29) is 0 Å². The minimum Gasteiger partial charge on any atom is -0.330 e. The van der Waals surface area contributed by atoms with Crippen LogP contribution in [0.4, 0.5) is 0 Å². The highest BCUT2D eigenvalue weighted by Crippen LogP contribution is 2.06. The van der Waals surface area contributed by atoms with Gasteiger partial charge in [-0.3, -0.25) is 4.98 Å². The maximum Gasteiger partial charge on any atom is 0.0340 e. The van der Waals surface area contributed by atoms with Gasteiger partial charge in [-0.25, -0.2) is 0 Å². The Bertz CT molecular complexity index is 252. The summed E-state index contributed by atoms with van der Waals surface area (Å²) in [6.07, 6.45) is 6.68. The molecule has 2 nitrogen and oxygen atoms in total. The maximum absolute atomic E-state index is 5.43. The van der Waals surface area contributed by atoms with Gasteiger partial charge in [0.1, 0.15) is 0 Å². The molecule has 0 aromatic carbocycles. The summed E-state index contributed by atoms with van der Waals surface area (Å²) in [6, 6.07) is 3.97. The second-order valence-electron chi connectivity index (χ2n) is 2.82. The van der Waals surface area contributed by atoms with Gasteiger partial charge in [-0.05, 0) is 31.5 Å². The van der Waals surface area contributed by atoms with E-state index in [1.807, 2.05) is 18.3 Å². The molecule has 12 heavy (non-hydrogen) atoms. The maximum atomic E-state index is 5.43. The van der Waals surface area contributed by atoms with E-state index in [0.29, 0.717) is 6.54 Å². The summed E-state index contributed by atoms with van der Waals surface area (Å²) in [5.74, 6) is 0. The smallest absolute Gasteiger partial charge is 0.0340 e. The van der Waals surface area contributed by atoms with Crippen molar-refractivity contribution in [3.8, 4) is 0 Å². The molecule has 0 aliphatic heterocycles. The molecule has 0 aliphatic carbocycles. The van der Waals surface area contributed by atoms with E-state index in [9.17, 15) is 0 Å². The molecule has 1 aromatic rings. The Morgan fingerprint density at radius 2 is 2.50 bits per heavy atom. The van der Waals surface area contributed by atoms with E-state index in [0.717, 1.165) is 12.0 Å². The molecule has 0 saturated carbocycles. The standard InChI is InChI=1S/C10H14N2/c1-9(4-5-11)7-10-3-2-6-12-8-10/h2-3,6-8H,4-5,11H2,1H3. The summed E-state index contributed by atoms with van der Waals surface area (Å²) < 4.78 is 0. The first-order chi connectivity index (χ1) is 5.83. The number of nitrogens with two attached hydrogens (primary N) is 1. The van der Waals surface area contributed by atoms with Gasteiger partial charge < -0.3 is 5.73 Å². The van der Waals surface area contributed by atoms with E-state index in [1.54, 1.807) is 6.20 Å². The molecule has 0 atom stereocenters. The zero-order valence-corrected chi connectivity index (χ0v) is 7.33. The highest BCUT2D eigenvalue weighted by atomic mass is 14.6. The molecular weight excluding hydrogens is 148 g/mol. The molecule has 0 spiro atoms. The minimum atomic E-state index is 0.711. The van der Waals surface area contributed by atoms with Crippen LogP contribution in [0.1, 0.15) is 18.9 Å². The summed E-state index contributed by atoms with van der Waals surface area (Å²) in [7, 11) is 0. The SMILES string of the molecule is CC(=Cc1cccnc1)CCN. The minimum absolute atomic E-state index is 0.711. The number of aromatic nitrogens is 1. The Morgan fingerprint density at radius 1 is 1.67 bits per heavy atom. The highest BCUT2D eigenvalue weighted by Gasteiger charge is 1.89. The molecule has 1 heterocycles. The van der Waals surface area contributed by atoms with Gasteiger partial charge in [0.25, 0.3) is 0 Å². The van der Waals surface area contributed by atoms with Gasteiger partial charge in [0.15, 0.2) is 0 Å². The monoisotopic (exact) mass is 162 g/mol. The zero-order chi connectivity index (χ0) is 8.81. The lowest BCUT2D eigenvalue weighted by Gasteiger charge is -1.97. The highest BCUT2D eigenvalue weighted by molar-refractivity contribution is 5.50. The first-order valence-electron chi connectivity index (χ1n) is 4.10. The Kier molecular flexibility index (Phi) is 3.48. The van der Waals surface area contributed by atoms with Crippen LogP contribution < -0.4 is 5.73 Å². The van der Waals surface area contributed by atoms with Crippen molar-refractivity contribution in [2.45, 2.75) is 13.3 Å². The summed E-state index contributed by atoms with van der Waals surface area (Å²) in [6.45, 7) is 2.79. The van der Waals surface area contributed by atoms with Crippen LogP contribution in [0.3, 0.4) is 0 Å². The van der Waals surface area contributed by atoms with Crippen molar-refractivity contribution in [1.82, 2.24) is 4.98 Å².